The zero-order chi connectivity index (χ0) is 16.9. The van der Waals surface area contributed by atoms with Gasteiger partial charge in [0, 0.05) is 5.02 Å². The lowest BCUT2D eigenvalue weighted by atomic mass is 9.92. The molecule has 0 saturated heterocycles. The van der Waals surface area contributed by atoms with Crippen LogP contribution in [0.15, 0.2) is 24.3 Å². The van der Waals surface area contributed by atoms with E-state index in [2.05, 4.69) is 5.32 Å². The van der Waals surface area contributed by atoms with Gasteiger partial charge in [0.2, 0.25) is 5.91 Å². The molecule has 1 atom stereocenters. The number of halogens is 1. The second-order valence-electron chi connectivity index (χ2n) is 6.16. The standard InChI is InChI=1S/C16H22ClNO4/c1-10(2)13(14(19)20)18-15(21)16(3,4)9-22-12-7-5-11(17)6-8-12/h5-8,10,13H,9H2,1-4H3,(H,18,21)(H,19,20). The van der Waals surface area contributed by atoms with Crippen LogP contribution in [-0.2, 0) is 9.59 Å². The second-order valence-corrected chi connectivity index (χ2v) is 6.60. The quantitative estimate of drug-likeness (QED) is 0.807. The van der Waals surface area contributed by atoms with Gasteiger partial charge in [-0.15, -0.1) is 0 Å². The SMILES string of the molecule is CC(C)C(NC(=O)C(C)(C)COc1ccc(Cl)cc1)C(=O)O. The molecule has 2 N–H and O–H groups in total. The molecule has 1 unspecified atom stereocenters. The Labute approximate surface area is 135 Å². The van der Waals surface area contributed by atoms with E-state index in [1.54, 1.807) is 52.0 Å². The van der Waals surface area contributed by atoms with Crippen molar-refractivity contribution in [2.75, 3.05) is 6.61 Å². The molecule has 0 fully saturated rings. The summed E-state index contributed by atoms with van der Waals surface area (Å²) in [6.45, 7) is 7.03. The van der Waals surface area contributed by atoms with Gasteiger partial charge in [0.05, 0.1) is 5.41 Å². The molecule has 6 heteroatoms. The van der Waals surface area contributed by atoms with Crippen LogP contribution in [0.2, 0.25) is 5.02 Å². The number of hydrogen-bond acceptors (Lipinski definition) is 3. The van der Waals surface area contributed by atoms with Gasteiger partial charge in [-0.2, -0.15) is 0 Å². The molecule has 0 bridgehead atoms. The third-order valence-corrected chi connectivity index (χ3v) is 3.50. The molecule has 0 spiro atoms. The molecule has 22 heavy (non-hydrogen) atoms. The van der Waals surface area contributed by atoms with Gasteiger partial charge in [-0.3, -0.25) is 4.79 Å². The van der Waals surface area contributed by atoms with E-state index >= 15 is 0 Å². The fourth-order valence-electron chi connectivity index (χ4n) is 1.71. The van der Waals surface area contributed by atoms with Crippen LogP contribution in [0, 0.1) is 11.3 Å². The van der Waals surface area contributed by atoms with Crippen LogP contribution in [0.3, 0.4) is 0 Å². The zero-order valence-corrected chi connectivity index (χ0v) is 14.0. The van der Waals surface area contributed by atoms with Gasteiger partial charge in [-0.25, -0.2) is 4.79 Å². The Hall–Kier alpha value is -1.75. The molecule has 0 saturated carbocycles. The van der Waals surface area contributed by atoms with Crippen LogP contribution in [0.1, 0.15) is 27.7 Å². The second kappa shape index (κ2) is 7.49. The molecule has 0 aliphatic rings. The molecule has 0 aromatic heterocycles. The number of carbonyl (C=O) groups is 2. The molecule has 1 aromatic carbocycles. The largest absolute Gasteiger partial charge is 0.492 e. The molecule has 1 amide bonds. The molecule has 0 heterocycles. The van der Waals surface area contributed by atoms with Gasteiger partial charge in [0.1, 0.15) is 18.4 Å². The van der Waals surface area contributed by atoms with Crippen molar-refractivity contribution < 1.29 is 19.4 Å². The van der Waals surface area contributed by atoms with Gasteiger partial charge in [0.15, 0.2) is 0 Å². The minimum atomic E-state index is -1.04. The summed E-state index contributed by atoms with van der Waals surface area (Å²) in [4.78, 5) is 23.4. The maximum atomic E-state index is 12.3. The highest BCUT2D eigenvalue weighted by Gasteiger charge is 2.33. The van der Waals surface area contributed by atoms with Crippen molar-refractivity contribution >= 4 is 23.5 Å². The summed E-state index contributed by atoms with van der Waals surface area (Å²) in [7, 11) is 0. The minimum absolute atomic E-state index is 0.130. The average Bonchev–Trinajstić information content (AvgIpc) is 2.43. The fraction of sp³-hybridized carbons (Fsp3) is 0.500. The lowest BCUT2D eigenvalue weighted by Gasteiger charge is -2.27. The Bertz CT molecular complexity index is 525. The molecule has 5 nitrogen and oxygen atoms in total. The van der Waals surface area contributed by atoms with E-state index in [0.29, 0.717) is 10.8 Å². The van der Waals surface area contributed by atoms with Crippen molar-refractivity contribution in [1.82, 2.24) is 5.32 Å². The summed E-state index contributed by atoms with van der Waals surface area (Å²) in [6.07, 6.45) is 0. The van der Waals surface area contributed by atoms with Gasteiger partial charge >= 0.3 is 5.97 Å². The first kappa shape index (κ1) is 18.3. The van der Waals surface area contributed by atoms with Gasteiger partial charge in [-0.05, 0) is 44.0 Å². The predicted molar refractivity (Wildman–Crippen MR) is 85.1 cm³/mol. The number of benzene rings is 1. The summed E-state index contributed by atoms with van der Waals surface area (Å²) in [5.74, 6) is -1.00. The topological polar surface area (TPSA) is 75.6 Å². The van der Waals surface area contributed by atoms with Crippen LogP contribution < -0.4 is 10.1 Å². The van der Waals surface area contributed by atoms with E-state index < -0.39 is 17.4 Å². The smallest absolute Gasteiger partial charge is 0.326 e. The van der Waals surface area contributed by atoms with Crippen molar-refractivity contribution in [3.05, 3.63) is 29.3 Å². The van der Waals surface area contributed by atoms with E-state index in [9.17, 15) is 9.59 Å². The third kappa shape index (κ3) is 5.22. The normalized spacial score (nSPS) is 12.8. The molecule has 0 aliphatic heterocycles. The molecule has 0 radical (unpaired) electrons. The van der Waals surface area contributed by atoms with Crippen LogP contribution in [0.4, 0.5) is 0 Å². The number of carbonyl (C=O) groups excluding carboxylic acids is 1. The number of hydrogen-bond donors (Lipinski definition) is 2. The Morgan fingerprint density at radius 1 is 1.27 bits per heavy atom. The van der Waals surface area contributed by atoms with Crippen LogP contribution >= 0.6 is 11.6 Å². The maximum Gasteiger partial charge on any atom is 0.326 e. The summed E-state index contributed by atoms with van der Waals surface area (Å²) in [5.41, 5.74) is -0.859. The van der Waals surface area contributed by atoms with Crippen LogP contribution in [-0.4, -0.2) is 29.6 Å². The highest BCUT2D eigenvalue weighted by molar-refractivity contribution is 6.30. The number of aliphatic carboxylic acids is 1. The van der Waals surface area contributed by atoms with Gasteiger partial charge in [-0.1, -0.05) is 25.4 Å². The number of nitrogens with one attached hydrogen (secondary N) is 1. The average molecular weight is 328 g/mol. The van der Waals surface area contributed by atoms with Gasteiger partial charge in [0.25, 0.3) is 0 Å². The molecule has 1 rings (SSSR count). The van der Waals surface area contributed by atoms with Crippen molar-refractivity contribution in [2.24, 2.45) is 11.3 Å². The Balaban J connectivity index is 2.66. The number of carboxylic acids is 1. The molecule has 0 aliphatic carbocycles. The molecular weight excluding hydrogens is 306 g/mol. The highest BCUT2D eigenvalue weighted by atomic mass is 35.5. The van der Waals surface area contributed by atoms with E-state index in [0.717, 1.165) is 0 Å². The number of rotatable bonds is 7. The number of carboxylic acid groups (broad SMARTS) is 1. The zero-order valence-electron chi connectivity index (χ0n) is 13.2. The number of ether oxygens (including phenoxy) is 1. The van der Waals surface area contributed by atoms with E-state index in [1.807, 2.05) is 0 Å². The van der Waals surface area contributed by atoms with E-state index in [1.165, 1.54) is 0 Å². The first-order valence-electron chi connectivity index (χ1n) is 7.05. The minimum Gasteiger partial charge on any atom is -0.492 e. The lowest BCUT2D eigenvalue weighted by molar-refractivity contribution is -0.145. The first-order valence-corrected chi connectivity index (χ1v) is 7.43. The molecular formula is C16H22ClNO4. The van der Waals surface area contributed by atoms with Gasteiger partial charge < -0.3 is 15.2 Å². The Morgan fingerprint density at radius 3 is 2.27 bits per heavy atom. The van der Waals surface area contributed by atoms with Crippen molar-refractivity contribution in [3.8, 4) is 5.75 Å². The summed E-state index contributed by atoms with van der Waals surface area (Å²) >= 11 is 5.79. The van der Waals surface area contributed by atoms with Crippen molar-refractivity contribution in [2.45, 2.75) is 33.7 Å². The van der Waals surface area contributed by atoms with Crippen molar-refractivity contribution in [1.29, 1.82) is 0 Å². The van der Waals surface area contributed by atoms with E-state index in [4.69, 9.17) is 21.4 Å². The van der Waals surface area contributed by atoms with E-state index in [-0.39, 0.29) is 18.4 Å². The summed E-state index contributed by atoms with van der Waals surface area (Å²) < 4.78 is 5.58. The molecule has 1 aromatic rings. The summed E-state index contributed by atoms with van der Waals surface area (Å²) in [5, 5.41) is 12.3. The Kier molecular flexibility index (Phi) is 6.23. The summed E-state index contributed by atoms with van der Waals surface area (Å²) in [6, 6.07) is 5.91. The van der Waals surface area contributed by atoms with Crippen LogP contribution in [0.25, 0.3) is 0 Å². The van der Waals surface area contributed by atoms with Crippen molar-refractivity contribution in [3.63, 3.8) is 0 Å². The third-order valence-electron chi connectivity index (χ3n) is 3.25. The fourth-order valence-corrected chi connectivity index (χ4v) is 1.84. The monoisotopic (exact) mass is 327 g/mol. The Morgan fingerprint density at radius 2 is 1.82 bits per heavy atom. The first-order chi connectivity index (χ1) is 10.1. The lowest BCUT2D eigenvalue weighted by Crippen LogP contribution is -2.50. The highest BCUT2D eigenvalue weighted by Crippen LogP contribution is 2.21. The number of amides is 1. The van der Waals surface area contributed by atoms with Crippen LogP contribution in [0.5, 0.6) is 5.75 Å². The maximum absolute atomic E-state index is 12.3. The predicted octanol–water partition coefficient (Wildman–Crippen LogP) is 2.97. The molecule has 122 valence electrons.